The van der Waals surface area contributed by atoms with E-state index in [0.29, 0.717) is 10.2 Å². The van der Waals surface area contributed by atoms with Crippen molar-refractivity contribution in [3.8, 4) is 17.6 Å². The maximum absolute atomic E-state index is 14.4. The number of ether oxygens (including phenoxy) is 1. The molecule has 0 spiro atoms. The summed E-state index contributed by atoms with van der Waals surface area (Å²) in [6.07, 6.45) is 1.56. The predicted molar refractivity (Wildman–Crippen MR) is 132 cm³/mol. The summed E-state index contributed by atoms with van der Waals surface area (Å²) in [7, 11) is -3.56. The third-order valence-corrected chi connectivity index (χ3v) is 7.22. The summed E-state index contributed by atoms with van der Waals surface area (Å²) in [5.74, 6) is -1.94. The fraction of sp³-hybridized carbons (Fsp3) is 0.115. The number of aromatic nitrogens is 1. The molecule has 4 rings (SSSR count). The second-order valence-corrected chi connectivity index (χ2v) is 9.37. The monoisotopic (exact) mass is 503 g/mol. The molecule has 0 unspecified atom stereocenters. The van der Waals surface area contributed by atoms with Crippen LogP contribution >= 0.6 is 7.75 Å². The Morgan fingerprint density at radius 1 is 0.944 bits per heavy atom. The molecule has 4 aromatic rings. The molecule has 1 atom stereocenters. The summed E-state index contributed by atoms with van der Waals surface area (Å²) < 4.78 is 31.4. The number of methoxy groups -OCH3 is 1. The predicted octanol–water partition coefficient (Wildman–Crippen LogP) is 4.87. The van der Waals surface area contributed by atoms with E-state index in [1.54, 1.807) is 42.6 Å². The number of hydrogen-bond donors (Lipinski definition) is 1. The maximum atomic E-state index is 14.4. The van der Waals surface area contributed by atoms with Crippen LogP contribution in [0.1, 0.15) is 5.56 Å². The Hall–Kier alpha value is -4.54. The average Bonchev–Trinajstić information content (AvgIpc) is 3.31. The summed E-state index contributed by atoms with van der Waals surface area (Å²) >= 11 is 0. The summed E-state index contributed by atoms with van der Waals surface area (Å²) in [4.78, 5) is 29.1. The fourth-order valence-corrected chi connectivity index (χ4v) is 5.50. The summed E-state index contributed by atoms with van der Waals surface area (Å²) in [6.45, 7) is 0. The van der Waals surface area contributed by atoms with Crippen LogP contribution in [0.4, 0.5) is 0 Å². The van der Waals surface area contributed by atoms with Crippen LogP contribution in [0.25, 0.3) is 10.9 Å². The van der Waals surface area contributed by atoms with Crippen molar-refractivity contribution in [3.05, 3.63) is 96.7 Å². The number of esters is 1. The van der Waals surface area contributed by atoms with Crippen LogP contribution in [0.15, 0.2) is 91.1 Å². The highest BCUT2D eigenvalue weighted by Gasteiger charge is 2.49. The number of amides is 1. The van der Waals surface area contributed by atoms with E-state index in [-0.39, 0.29) is 17.9 Å². The highest BCUT2D eigenvalue weighted by Crippen LogP contribution is 2.53. The molecular formula is C26H22N3O6P. The minimum atomic E-state index is -4.70. The van der Waals surface area contributed by atoms with Crippen LogP contribution in [0.5, 0.6) is 11.5 Å². The molecule has 1 amide bonds. The van der Waals surface area contributed by atoms with Crippen LogP contribution < -0.4 is 9.05 Å². The average molecular weight is 503 g/mol. The van der Waals surface area contributed by atoms with Crippen LogP contribution in [-0.2, 0) is 25.3 Å². The van der Waals surface area contributed by atoms with E-state index in [9.17, 15) is 19.4 Å². The van der Waals surface area contributed by atoms with Gasteiger partial charge in [0, 0.05) is 23.5 Å². The lowest BCUT2D eigenvalue weighted by molar-refractivity contribution is -0.148. The van der Waals surface area contributed by atoms with Gasteiger partial charge in [-0.05, 0) is 35.9 Å². The van der Waals surface area contributed by atoms with E-state index < -0.39 is 25.7 Å². The van der Waals surface area contributed by atoms with Gasteiger partial charge in [-0.2, -0.15) is 5.26 Å². The zero-order valence-corrected chi connectivity index (χ0v) is 20.1. The number of H-pyrrole nitrogens is 1. The van der Waals surface area contributed by atoms with Crippen molar-refractivity contribution in [2.45, 2.75) is 12.5 Å². The van der Waals surface area contributed by atoms with Crippen molar-refractivity contribution in [3.63, 3.8) is 0 Å². The number of rotatable bonds is 9. The normalized spacial score (nSPS) is 11.8. The van der Waals surface area contributed by atoms with Gasteiger partial charge in [0.15, 0.2) is 6.07 Å². The molecule has 0 bridgehead atoms. The molecule has 1 heterocycles. The Labute approximate surface area is 207 Å². The first-order chi connectivity index (χ1) is 17.4. The fourth-order valence-electron chi connectivity index (χ4n) is 3.72. The van der Waals surface area contributed by atoms with Gasteiger partial charge in [0.05, 0.1) is 7.11 Å². The van der Waals surface area contributed by atoms with Gasteiger partial charge in [-0.15, -0.1) is 0 Å². The largest absolute Gasteiger partial charge is 0.548 e. The molecular weight excluding hydrogens is 481 g/mol. The van der Waals surface area contributed by atoms with Gasteiger partial charge in [0.1, 0.15) is 17.5 Å². The van der Waals surface area contributed by atoms with E-state index >= 15 is 0 Å². The van der Waals surface area contributed by atoms with Gasteiger partial charge in [-0.1, -0.05) is 54.6 Å². The molecule has 1 aromatic heterocycles. The Morgan fingerprint density at radius 2 is 1.50 bits per heavy atom. The number of benzene rings is 3. The second-order valence-electron chi connectivity index (χ2n) is 7.64. The third kappa shape index (κ3) is 5.24. The molecule has 0 radical (unpaired) electrons. The van der Waals surface area contributed by atoms with Gasteiger partial charge in [0.2, 0.25) is 0 Å². The number of hydrogen-bond acceptors (Lipinski definition) is 7. The molecule has 0 fully saturated rings. The van der Waals surface area contributed by atoms with Crippen molar-refractivity contribution < 1.29 is 27.9 Å². The van der Waals surface area contributed by atoms with Crippen molar-refractivity contribution >= 4 is 30.5 Å². The second kappa shape index (κ2) is 10.8. The standard InChI is InChI=1S/C26H22N3O6P/c1-33-26(31)24(16-19-18-28-23-15-9-8-14-22(19)23)29(25(30)17-27)36(32,34-20-10-4-2-5-11-20)35-21-12-6-3-7-13-21/h2-15,18,24,28H,16H2,1H3/t24-/m0/s1. The Bertz CT molecular complexity index is 1400. The molecule has 182 valence electrons. The molecule has 36 heavy (non-hydrogen) atoms. The number of fused-ring (bicyclic) bond motifs is 1. The Balaban J connectivity index is 1.83. The van der Waals surface area contributed by atoms with Crippen molar-refractivity contribution in [2.75, 3.05) is 7.11 Å². The van der Waals surface area contributed by atoms with Crippen LogP contribution in [-0.4, -0.2) is 34.7 Å². The molecule has 0 aliphatic carbocycles. The van der Waals surface area contributed by atoms with Crippen molar-refractivity contribution in [1.82, 2.24) is 9.65 Å². The molecule has 1 N–H and O–H groups in total. The number of nitrogens with one attached hydrogen (secondary N) is 1. The summed E-state index contributed by atoms with van der Waals surface area (Å²) in [6, 6.07) is 23.4. The van der Waals surface area contributed by atoms with E-state index in [1.807, 2.05) is 24.3 Å². The lowest BCUT2D eigenvalue weighted by Gasteiger charge is -2.32. The van der Waals surface area contributed by atoms with Gasteiger partial charge >= 0.3 is 19.6 Å². The minimum Gasteiger partial charge on any atom is -0.467 e. The van der Waals surface area contributed by atoms with E-state index in [4.69, 9.17) is 13.8 Å². The smallest absolute Gasteiger partial charge is 0.467 e. The Morgan fingerprint density at radius 3 is 2.06 bits per heavy atom. The first kappa shape index (κ1) is 24.6. The highest BCUT2D eigenvalue weighted by molar-refractivity contribution is 7.53. The topological polar surface area (TPSA) is 122 Å². The van der Waals surface area contributed by atoms with Gasteiger partial charge in [-0.3, -0.25) is 4.79 Å². The maximum Gasteiger partial charge on any atom is 0.548 e. The zero-order chi connectivity index (χ0) is 25.5. The summed E-state index contributed by atoms with van der Waals surface area (Å²) in [5, 5.41) is 10.4. The lowest BCUT2D eigenvalue weighted by atomic mass is 10.0. The first-order valence-corrected chi connectivity index (χ1v) is 12.4. The van der Waals surface area contributed by atoms with Gasteiger partial charge < -0.3 is 18.8 Å². The number of nitrogens with zero attached hydrogens (tertiary/aromatic N) is 2. The van der Waals surface area contributed by atoms with E-state index in [2.05, 4.69) is 4.98 Å². The zero-order valence-electron chi connectivity index (χ0n) is 19.2. The van der Waals surface area contributed by atoms with Crippen molar-refractivity contribution in [1.29, 1.82) is 5.26 Å². The summed E-state index contributed by atoms with van der Waals surface area (Å²) in [5.41, 5.74) is 1.45. The minimum absolute atomic E-state index is 0.114. The molecule has 0 saturated carbocycles. The molecule has 0 aliphatic heterocycles. The number of carbonyl (C=O) groups is 2. The SMILES string of the molecule is COC(=O)[C@H](Cc1c[nH]c2ccccc12)N(C(=O)C#N)P(=O)(Oc1ccccc1)Oc1ccccc1. The van der Waals surface area contributed by atoms with Crippen LogP contribution in [0.3, 0.4) is 0 Å². The number of carbonyl (C=O) groups excluding carboxylic acids is 2. The third-order valence-electron chi connectivity index (χ3n) is 5.35. The molecule has 10 heteroatoms. The molecule has 0 aliphatic rings. The van der Waals surface area contributed by atoms with Gasteiger partial charge in [-0.25, -0.2) is 14.0 Å². The number of nitriles is 1. The molecule has 9 nitrogen and oxygen atoms in total. The van der Waals surface area contributed by atoms with Crippen LogP contribution in [0.2, 0.25) is 0 Å². The Kier molecular flexibility index (Phi) is 7.38. The van der Waals surface area contributed by atoms with Crippen molar-refractivity contribution in [2.24, 2.45) is 0 Å². The number of para-hydroxylation sites is 3. The van der Waals surface area contributed by atoms with Crippen LogP contribution in [0, 0.1) is 11.3 Å². The van der Waals surface area contributed by atoms with E-state index in [0.717, 1.165) is 18.0 Å². The molecule has 0 saturated heterocycles. The van der Waals surface area contributed by atoms with E-state index in [1.165, 1.54) is 30.3 Å². The molecule has 3 aromatic carbocycles. The lowest BCUT2D eigenvalue weighted by Crippen LogP contribution is -2.46. The number of aromatic amines is 1. The van der Waals surface area contributed by atoms with Gasteiger partial charge in [0.25, 0.3) is 0 Å². The first-order valence-electron chi connectivity index (χ1n) is 10.9. The quantitative estimate of drug-likeness (QED) is 0.196. The highest BCUT2D eigenvalue weighted by atomic mass is 31.2.